The van der Waals surface area contributed by atoms with Crippen molar-refractivity contribution in [3.05, 3.63) is 0 Å². The average Bonchev–Trinajstić information content (AvgIpc) is 2.02. The van der Waals surface area contributed by atoms with Crippen LogP contribution >= 0.6 is 0 Å². The maximum absolute atomic E-state index is 5.39. The summed E-state index contributed by atoms with van der Waals surface area (Å²) in [7, 11) is 2.01. The second-order valence-electron chi connectivity index (χ2n) is 2.67. The third kappa shape index (κ3) is 7.07. The van der Waals surface area contributed by atoms with Gasteiger partial charge in [0.15, 0.2) is 5.96 Å². The number of hydrogen-bond acceptors (Lipinski definition) is 2. The molecule has 13 heavy (non-hydrogen) atoms. The maximum atomic E-state index is 5.39. The van der Waals surface area contributed by atoms with Crippen molar-refractivity contribution in [2.75, 3.05) is 26.7 Å². The van der Waals surface area contributed by atoms with E-state index in [1.54, 1.807) is 0 Å². The molecular formula is C7H18N6. The highest BCUT2D eigenvalue weighted by atomic mass is 15.1. The van der Waals surface area contributed by atoms with Gasteiger partial charge in [-0.05, 0) is 13.6 Å². The molecule has 0 saturated carbocycles. The zero-order valence-electron chi connectivity index (χ0n) is 8.20. The Hall–Kier alpha value is -1.30. The quantitative estimate of drug-likeness (QED) is 0.368. The van der Waals surface area contributed by atoms with Crippen LogP contribution in [0.15, 0.2) is 9.98 Å². The van der Waals surface area contributed by atoms with Crippen molar-refractivity contribution >= 4 is 11.9 Å². The molecule has 0 amide bonds. The lowest BCUT2D eigenvalue weighted by Crippen LogP contribution is -2.27. The normalized spacial score (nSPS) is 11.8. The first-order valence-corrected chi connectivity index (χ1v) is 4.14. The lowest BCUT2D eigenvalue weighted by atomic mass is 10.5. The van der Waals surface area contributed by atoms with Crippen LogP contribution in [0.25, 0.3) is 0 Å². The van der Waals surface area contributed by atoms with E-state index in [0.29, 0.717) is 6.54 Å². The van der Waals surface area contributed by atoms with E-state index in [-0.39, 0.29) is 11.9 Å². The number of rotatable bonds is 4. The Labute approximate surface area is 78.5 Å². The Bertz CT molecular complexity index is 193. The Morgan fingerprint density at radius 1 is 1.31 bits per heavy atom. The molecule has 0 unspecified atom stereocenters. The van der Waals surface area contributed by atoms with Gasteiger partial charge in [-0.25, -0.2) is 0 Å². The molecule has 6 heteroatoms. The number of nitrogens with zero attached hydrogens (tertiary/aromatic N) is 3. The van der Waals surface area contributed by atoms with Gasteiger partial charge in [-0.2, -0.15) is 4.99 Å². The van der Waals surface area contributed by atoms with Gasteiger partial charge in [0.2, 0.25) is 5.96 Å². The summed E-state index contributed by atoms with van der Waals surface area (Å²) in [6.45, 7) is 4.50. The summed E-state index contributed by atoms with van der Waals surface area (Å²) in [5, 5.41) is 0. The number of aliphatic imine (C=N–C) groups is 2. The number of guanidine groups is 2. The summed E-state index contributed by atoms with van der Waals surface area (Å²) in [4.78, 5) is 9.66. The SMILES string of the molecule is CCN(C)CCN=C(N)N=C(N)N. The molecule has 0 saturated heterocycles. The van der Waals surface area contributed by atoms with Crippen LogP contribution in [0.1, 0.15) is 6.92 Å². The maximum Gasteiger partial charge on any atom is 0.218 e. The first-order chi connectivity index (χ1) is 6.06. The Morgan fingerprint density at radius 3 is 2.38 bits per heavy atom. The molecular weight excluding hydrogens is 168 g/mol. The molecule has 0 aromatic rings. The van der Waals surface area contributed by atoms with E-state index in [1.807, 2.05) is 7.05 Å². The second-order valence-corrected chi connectivity index (χ2v) is 2.67. The van der Waals surface area contributed by atoms with E-state index in [9.17, 15) is 0 Å². The highest BCUT2D eigenvalue weighted by molar-refractivity contribution is 5.92. The minimum atomic E-state index is -0.0647. The minimum Gasteiger partial charge on any atom is -0.370 e. The van der Waals surface area contributed by atoms with Crippen LogP contribution in [0.5, 0.6) is 0 Å². The van der Waals surface area contributed by atoms with Crippen molar-refractivity contribution in [2.45, 2.75) is 6.92 Å². The van der Waals surface area contributed by atoms with Gasteiger partial charge in [-0.15, -0.1) is 0 Å². The molecule has 0 heterocycles. The highest BCUT2D eigenvalue weighted by Crippen LogP contribution is 1.81. The molecule has 0 bridgehead atoms. The summed E-state index contributed by atoms with van der Waals surface area (Å²) >= 11 is 0. The first kappa shape index (κ1) is 11.7. The Morgan fingerprint density at radius 2 is 1.92 bits per heavy atom. The van der Waals surface area contributed by atoms with Crippen LogP contribution in [0.3, 0.4) is 0 Å². The second kappa shape index (κ2) is 6.24. The summed E-state index contributed by atoms with van der Waals surface area (Å²) in [5.74, 6) is 0.0644. The molecule has 0 fully saturated rings. The molecule has 0 spiro atoms. The predicted octanol–water partition coefficient (Wildman–Crippen LogP) is -1.47. The topological polar surface area (TPSA) is 106 Å². The van der Waals surface area contributed by atoms with Gasteiger partial charge in [0.25, 0.3) is 0 Å². The Kier molecular flexibility index (Phi) is 5.62. The summed E-state index contributed by atoms with van der Waals surface area (Å²) in [6.07, 6.45) is 0. The first-order valence-electron chi connectivity index (χ1n) is 4.14. The molecule has 0 aromatic heterocycles. The van der Waals surface area contributed by atoms with Crippen molar-refractivity contribution in [2.24, 2.45) is 27.2 Å². The molecule has 0 atom stereocenters. The largest absolute Gasteiger partial charge is 0.370 e. The summed E-state index contributed by atoms with van der Waals surface area (Å²) < 4.78 is 0. The fourth-order valence-corrected chi connectivity index (χ4v) is 0.661. The standard InChI is InChI=1S/C7H18N6/c1-3-13(2)5-4-11-7(10)12-6(8)9/h3-5H2,1-2H3,(H6,8,9,10,11,12). The molecule has 0 aromatic carbocycles. The van der Waals surface area contributed by atoms with Crippen molar-refractivity contribution in [3.63, 3.8) is 0 Å². The minimum absolute atomic E-state index is 0.0647. The number of nitrogens with two attached hydrogens (primary N) is 3. The molecule has 76 valence electrons. The van der Waals surface area contributed by atoms with Crippen LogP contribution in [0, 0.1) is 0 Å². The van der Waals surface area contributed by atoms with Crippen LogP contribution < -0.4 is 17.2 Å². The van der Waals surface area contributed by atoms with Gasteiger partial charge in [0, 0.05) is 6.54 Å². The molecule has 0 rings (SSSR count). The fourth-order valence-electron chi connectivity index (χ4n) is 0.661. The van der Waals surface area contributed by atoms with E-state index in [2.05, 4.69) is 21.8 Å². The fraction of sp³-hybridized carbons (Fsp3) is 0.714. The molecule has 0 aliphatic rings. The third-order valence-electron chi connectivity index (χ3n) is 1.54. The molecule has 0 aliphatic carbocycles. The van der Waals surface area contributed by atoms with E-state index in [1.165, 1.54) is 0 Å². The number of likely N-dealkylation sites (N-methyl/N-ethyl adjacent to an activating group) is 1. The van der Waals surface area contributed by atoms with Gasteiger partial charge in [-0.3, -0.25) is 4.99 Å². The predicted molar refractivity (Wildman–Crippen MR) is 55.5 cm³/mol. The van der Waals surface area contributed by atoms with Gasteiger partial charge in [-0.1, -0.05) is 6.92 Å². The molecule has 0 aliphatic heterocycles. The Balaban J connectivity index is 3.78. The van der Waals surface area contributed by atoms with E-state index in [0.717, 1.165) is 13.1 Å². The summed E-state index contributed by atoms with van der Waals surface area (Å²) in [6, 6.07) is 0. The van der Waals surface area contributed by atoms with E-state index < -0.39 is 0 Å². The zero-order chi connectivity index (χ0) is 10.3. The number of hydrogen-bond donors (Lipinski definition) is 3. The lowest BCUT2D eigenvalue weighted by Gasteiger charge is -2.10. The van der Waals surface area contributed by atoms with Gasteiger partial charge < -0.3 is 22.1 Å². The molecule has 0 radical (unpaired) electrons. The van der Waals surface area contributed by atoms with Gasteiger partial charge in [0.1, 0.15) is 0 Å². The monoisotopic (exact) mass is 186 g/mol. The van der Waals surface area contributed by atoms with Crippen LogP contribution in [0.2, 0.25) is 0 Å². The van der Waals surface area contributed by atoms with Crippen LogP contribution in [0.4, 0.5) is 0 Å². The van der Waals surface area contributed by atoms with Crippen LogP contribution in [-0.2, 0) is 0 Å². The smallest absolute Gasteiger partial charge is 0.218 e. The van der Waals surface area contributed by atoms with Gasteiger partial charge >= 0.3 is 0 Å². The highest BCUT2D eigenvalue weighted by Gasteiger charge is 1.93. The lowest BCUT2D eigenvalue weighted by molar-refractivity contribution is 0.363. The molecule has 6 nitrogen and oxygen atoms in total. The summed E-state index contributed by atoms with van der Waals surface area (Å²) in [5.41, 5.74) is 15.6. The van der Waals surface area contributed by atoms with E-state index >= 15 is 0 Å². The van der Waals surface area contributed by atoms with Crippen molar-refractivity contribution in [1.82, 2.24) is 4.90 Å². The third-order valence-corrected chi connectivity index (χ3v) is 1.54. The van der Waals surface area contributed by atoms with E-state index in [4.69, 9.17) is 17.2 Å². The van der Waals surface area contributed by atoms with Crippen molar-refractivity contribution in [3.8, 4) is 0 Å². The van der Waals surface area contributed by atoms with Crippen molar-refractivity contribution in [1.29, 1.82) is 0 Å². The van der Waals surface area contributed by atoms with Crippen LogP contribution in [-0.4, -0.2) is 43.5 Å². The molecule has 6 N–H and O–H groups in total. The van der Waals surface area contributed by atoms with Gasteiger partial charge in [0.05, 0.1) is 6.54 Å². The average molecular weight is 186 g/mol. The van der Waals surface area contributed by atoms with Crippen molar-refractivity contribution < 1.29 is 0 Å². The zero-order valence-corrected chi connectivity index (χ0v) is 8.20.